The molecular formula is C17H11ClFN3S. The summed E-state index contributed by atoms with van der Waals surface area (Å²) in [6.45, 7) is 0. The second-order valence-electron chi connectivity index (χ2n) is 4.76. The molecule has 0 atom stereocenters. The zero-order valence-electron chi connectivity index (χ0n) is 11.9. The van der Waals surface area contributed by atoms with E-state index in [1.165, 1.54) is 23.9 Å². The Morgan fingerprint density at radius 1 is 1.26 bits per heavy atom. The fourth-order valence-corrected chi connectivity index (χ4v) is 3.30. The lowest BCUT2D eigenvalue weighted by Crippen LogP contribution is -1.96. The van der Waals surface area contributed by atoms with E-state index >= 15 is 0 Å². The predicted molar refractivity (Wildman–Crippen MR) is 89.2 cm³/mol. The van der Waals surface area contributed by atoms with E-state index < -0.39 is 5.82 Å². The largest absolute Gasteiger partial charge is 0.295 e. The van der Waals surface area contributed by atoms with Gasteiger partial charge in [0.2, 0.25) is 0 Å². The zero-order valence-corrected chi connectivity index (χ0v) is 13.5. The van der Waals surface area contributed by atoms with Gasteiger partial charge in [0, 0.05) is 28.9 Å². The van der Waals surface area contributed by atoms with E-state index in [1.807, 2.05) is 41.1 Å². The Morgan fingerprint density at radius 2 is 2.13 bits per heavy atom. The number of hydrogen-bond acceptors (Lipinski definition) is 3. The number of benzene rings is 2. The first-order valence-electron chi connectivity index (χ1n) is 6.78. The molecule has 23 heavy (non-hydrogen) atoms. The summed E-state index contributed by atoms with van der Waals surface area (Å²) < 4.78 is 15.1. The van der Waals surface area contributed by atoms with Crippen LogP contribution < -0.4 is 0 Å². The number of nitrogens with zero attached hydrogens (tertiary/aromatic N) is 3. The second-order valence-corrected chi connectivity index (χ2v) is 6.14. The Kier molecular flexibility index (Phi) is 4.65. The molecule has 3 aromatic rings. The van der Waals surface area contributed by atoms with E-state index in [1.54, 1.807) is 12.3 Å². The predicted octanol–water partition coefficient (Wildman–Crippen LogP) is 4.83. The van der Waals surface area contributed by atoms with E-state index in [2.05, 4.69) is 4.98 Å². The zero-order chi connectivity index (χ0) is 16.2. The van der Waals surface area contributed by atoms with Crippen molar-refractivity contribution in [3.8, 4) is 11.8 Å². The quantitative estimate of drug-likeness (QED) is 0.637. The van der Waals surface area contributed by atoms with E-state index in [0.717, 1.165) is 16.4 Å². The molecule has 1 heterocycles. The van der Waals surface area contributed by atoms with Crippen LogP contribution in [-0.4, -0.2) is 9.55 Å². The molecule has 0 amide bonds. The topological polar surface area (TPSA) is 41.6 Å². The molecule has 0 aliphatic rings. The Balaban J connectivity index is 1.83. The van der Waals surface area contributed by atoms with Gasteiger partial charge in [-0.15, -0.1) is 0 Å². The molecule has 114 valence electrons. The average Bonchev–Trinajstić information content (AvgIpc) is 3.02. The van der Waals surface area contributed by atoms with Gasteiger partial charge in [-0.2, -0.15) is 5.26 Å². The van der Waals surface area contributed by atoms with Crippen LogP contribution in [0.3, 0.4) is 0 Å². The van der Waals surface area contributed by atoms with Crippen LogP contribution in [0.1, 0.15) is 11.1 Å². The standard InChI is InChI=1S/C17H11ClFN3S/c18-14-2-1-3-16(9-14)22-7-6-21-17(22)23-11-12-4-5-15(19)8-13(12)10-20/h1-9H,11H2. The van der Waals surface area contributed by atoms with Gasteiger partial charge in [0.05, 0.1) is 11.6 Å². The highest BCUT2D eigenvalue weighted by molar-refractivity contribution is 7.98. The summed E-state index contributed by atoms with van der Waals surface area (Å²) in [7, 11) is 0. The Morgan fingerprint density at radius 3 is 2.91 bits per heavy atom. The normalized spacial score (nSPS) is 10.5. The molecule has 6 heteroatoms. The smallest absolute Gasteiger partial charge is 0.172 e. The molecule has 0 aliphatic heterocycles. The number of nitriles is 1. The molecule has 3 rings (SSSR count). The summed E-state index contributed by atoms with van der Waals surface area (Å²) in [6, 6.07) is 13.7. The van der Waals surface area contributed by atoms with Gasteiger partial charge >= 0.3 is 0 Å². The summed E-state index contributed by atoms with van der Waals surface area (Å²) >= 11 is 7.51. The maximum absolute atomic E-state index is 13.2. The summed E-state index contributed by atoms with van der Waals surface area (Å²) in [6.07, 6.45) is 3.56. The van der Waals surface area contributed by atoms with Crippen molar-refractivity contribution in [1.82, 2.24) is 9.55 Å². The molecule has 0 saturated heterocycles. The Labute approximate surface area is 142 Å². The fourth-order valence-electron chi connectivity index (χ4n) is 2.14. The monoisotopic (exact) mass is 343 g/mol. The van der Waals surface area contributed by atoms with Crippen molar-refractivity contribution in [1.29, 1.82) is 5.26 Å². The summed E-state index contributed by atoms with van der Waals surface area (Å²) in [4.78, 5) is 4.34. The SMILES string of the molecule is N#Cc1cc(F)ccc1CSc1nccn1-c1cccc(Cl)c1. The van der Waals surface area contributed by atoms with Crippen molar-refractivity contribution >= 4 is 23.4 Å². The van der Waals surface area contributed by atoms with Gasteiger partial charge in [-0.1, -0.05) is 35.5 Å². The number of hydrogen-bond donors (Lipinski definition) is 0. The van der Waals surface area contributed by atoms with Gasteiger partial charge in [0.15, 0.2) is 5.16 Å². The molecule has 3 nitrogen and oxygen atoms in total. The first-order chi connectivity index (χ1) is 11.2. The average molecular weight is 344 g/mol. The third-order valence-corrected chi connectivity index (χ3v) is 4.49. The van der Waals surface area contributed by atoms with Gasteiger partial charge in [-0.3, -0.25) is 4.57 Å². The minimum absolute atomic E-state index is 0.346. The molecule has 0 aliphatic carbocycles. The van der Waals surface area contributed by atoms with Crippen LogP contribution in [0.5, 0.6) is 0 Å². The van der Waals surface area contributed by atoms with Crippen molar-refractivity contribution < 1.29 is 4.39 Å². The third kappa shape index (κ3) is 3.55. The molecule has 1 aromatic heterocycles. The maximum atomic E-state index is 13.2. The number of halogens is 2. The van der Waals surface area contributed by atoms with E-state index in [-0.39, 0.29) is 0 Å². The summed E-state index contributed by atoms with van der Waals surface area (Å²) in [5.74, 6) is 0.122. The molecule has 0 N–H and O–H groups in total. The van der Waals surface area contributed by atoms with Gasteiger partial charge < -0.3 is 0 Å². The molecule has 0 radical (unpaired) electrons. The van der Waals surface area contributed by atoms with Crippen LogP contribution in [0, 0.1) is 17.1 Å². The molecule has 0 spiro atoms. The first kappa shape index (κ1) is 15.6. The molecule has 0 unspecified atom stereocenters. The lowest BCUT2D eigenvalue weighted by atomic mass is 10.1. The highest BCUT2D eigenvalue weighted by Crippen LogP contribution is 2.26. The van der Waals surface area contributed by atoms with Gasteiger partial charge in [0.25, 0.3) is 0 Å². The lowest BCUT2D eigenvalue weighted by molar-refractivity contribution is 0.627. The molecular weight excluding hydrogens is 333 g/mol. The van der Waals surface area contributed by atoms with Gasteiger partial charge in [0.1, 0.15) is 5.82 Å². The third-order valence-electron chi connectivity index (χ3n) is 3.24. The molecule has 0 fully saturated rings. The highest BCUT2D eigenvalue weighted by atomic mass is 35.5. The van der Waals surface area contributed by atoms with Crippen molar-refractivity contribution in [3.05, 3.63) is 76.8 Å². The van der Waals surface area contributed by atoms with Crippen LogP contribution in [0.4, 0.5) is 4.39 Å². The van der Waals surface area contributed by atoms with Crippen LogP contribution in [0.15, 0.2) is 60.0 Å². The van der Waals surface area contributed by atoms with Crippen LogP contribution in [0.2, 0.25) is 5.02 Å². The minimum atomic E-state index is -0.407. The van der Waals surface area contributed by atoms with Crippen molar-refractivity contribution in [2.75, 3.05) is 0 Å². The fraction of sp³-hybridized carbons (Fsp3) is 0.0588. The molecule has 0 saturated carbocycles. The van der Waals surface area contributed by atoms with Crippen LogP contribution >= 0.6 is 23.4 Å². The number of thioether (sulfide) groups is 1. The van der Waals surface area contributed by atoms with Crippen molar-refractivity contribution in [2.24, 2.45) is 0 Å². The summed E-state index contributed by atoms with van der Waals surface area (Å²) in [5.41, 5.74) is 2.04. The van der Waals surface area contributed by atoms with Crippen molar-refractivity contribution in [3.63, 3.8) is 0 Å². The van der Waals surface area contributed by atoms with E-state index in [9.17, 15) is 4.39 Å². The van der Waals surface area contributed by atoms with Gasteiger partial charge in [-0.05, 0) is 35.9 Å². The van der Waals surface area contributed by atoms with Crippen molar-refractivity contribution in [2.45, 2.75) is 10.9 Å². The highest BCUT2D eigenvalue weighted by Gasteiger charge is 2.09. The first-order valence-corrected chi connectivity index (χ1v) is 8.14. The Hall–Kier alpha value is -2.29. The van der Waals surface area contributed by atoms with E-state index in [4.69, 9.17) is 16.9 Å². The number of imidazole rings is 1. The van der Waals surface area contributed by atoms with Crippen LogP contribution in [-0.2, 0) is 5.75 Å². The molecule has 2 aromatic carbocycles. The number of aromatic nitrogens is 2. The minimum Gasteiger partial charge on any atom is -0.295 e. The van der Waals surface area contributed by atoms with E-state index in [0.29, 0.717) is 16.3 Å². The second kappa shape index (κ2) is 6.86. The number of rotatable bonds is 4. The molecule has 0 bridgehead atoms. The lowest BCUT2D eigenvalue weighted by Gasteiger charge is -2.08. The summed E-state index contributed by atoms with van der Waals surface area (Å²) in [5, 5.41) is 10.5. The maximum Gasteiger partial charge on any atom is 0.172 e. The van der Waals surface area contributed by atoms with Gasteiger partial charge in [-0.25, -0.2) is 9.37 Å². The Bertz CT molecular complexity index is 886. The van der Waals surface area contributed by atoms with Crippen LogP contribution in [0.25, 0.3) is 5.69 Å².